The number of hydrogen-bond acceptors (Lipinski definition) is 2. The maximum atomic E-state index is 5.22. The Hall–Kier alpha value is -7.68. The molecule has 0 bridgehead atoms. The van der Waals surface area contributed by atoms with Crippen LogP contribution in [0.4, 0.5) is 0 Å². The first-order valence-electron chi connectivity index (χ1n) is 19.8. The van der Waals surface area contributed by atoms with E-state index < -0.39 is 0 Å². The predicted octanol–water partition coefficient (Wildman–Crippen LogP) is 15.1. The zero-order valence-electron chi connectivity index (χ0n) is 31.7. The van der Waals surface area contributed by atoms with Gasteiger partial charge in [0.15, 0.2) is 5.82 Å². The molecule has 58 heavy (non-hydrogen) atoms. The van der Waals surface area contributed by atoms with Gasteiger partial charge in [0.1, 0.15) is 0 Å². The summed E-state index contributed by atoms with van der Waals surface area (Å²) < 4.78 is 0. The van der Waals surface area contributed by atoms with Gasteiger partial charge in [0.25, 0.3) is 0 Å². The minimum absolute atomic E-state index is 0.706. The molecule has 0 saturated heterocycles. The second-order valence-corrected chi connectivity index (χ2v) is 14.9. The zero-order chi connectivity index (χ0) is 38.4. The van der Waals surface area contributed by atoms with Crippen molar-refractivity contribution in [1.29, 1.82) is 0 Å². The molecule has 0 fully saturated rings. The van der Waals surface area contributed by atoms with Gasteiger partial charge in [0.2, 0.25) is 0 Å². The van der Waals surface area contributed by atoms with Crippen LogP contribution in [0.25, 0.3) is 110 Å². The van der Waals surface area contributed by atoms with Gasteiger partial charge in [0, 0.05) is 16.7 Å². The molecule has 10 aromatic carbocycles. The number of rotatable bonds is 6. The smallest absolute Gasteiger partial charge is 0.160 e. The van der Waals surface area contributed by atoms with Gasteiger partial charge < -0.3 is 0 Å². The van der Waals surface area contributed by atoms with Gasteiger partial charge in [-0.25, -0.2) is 9.97 Å². The van der Waals surface area contributed by atoms with Gasteiger partial charge in [0.05, 0.1) is 11.4 Å². The van der Waals surface area contributed by atoms with Gasteiger partial charge in [-0.1, -0.05) is 200 Å². The second kappa shape index (κ2) is 14.1. The monoisotopic (exact) mass is 736 g/mol. The van der Waals surface area contributed by atoms with Crippen LogP contribution in [-0.4, -0.2) is 9.97 Å². The third-order valence-corrected chi connectivity index (χ3v) is 11.5. The summed E-state index contributed by atoms with van der Waals surface area (Å²) in [4.78, 5) is 10.4. The lowest BCUT2D eigenvalue weighted by Gasteiger charge is -2.18. The fourth-order valence-corrected chi connectivity index (χ4v) is 8.76. The fourth-order valence-electron chi connectivity index (χ4n) is 8.76. The fraction of sp³-hybridized carbons (Fsp3) is 0. The summed E-state index contributed by atoms with van der Waals surface area (Å²) in [6.07, 6.45) is 0. The van der Waals surface area contributed by atoms with E-state index in [9.17, 15) is 0 Å². The molecule has 0 unspecified atom stereocenters. The molecule has 2 nitrogen and oxygen atoms in total. The Kier molecular flexibility index (Phi) is 8.19. The quantitative estimate of drug-likeness (QED) is 0.159. The van der Waals surface area contributed by atoms with Crippen molar-refractivity contribution in [2.75, 3.05) is 0 Å². The Morgan fingerprint density at radius 2 is 0.655 bits per heavy atom. The van der Waals surface area contributed by atoms with Crippen molar-refractivity contribution in [3.8, 4) is 67.3 Å². The highest BCUT2D eigenvalue weighted by Crippen LogP contribution is 2.44. The summed E-state index contributed by atoms with van der Waals surface area (Å²) in [5, 5.41) is 9.73. The standard InChI is InChI=1S/C56H36N2/c1-4-16-37(17-5-1)44-32-33-47(46-23-11-10-22-45(44)46)53-36-52(57-56(58-53)39-20-8-3-9-21-39)42-30-28-41-35-43(31-29-40(41)34-42)55-50-26-14-12-24-48(50)54(38-18-6-2-7-19-38)49-25-13-15-27-51(49)55/h1-36H. The van der Waals surface area contributed by atoms with Crippen LogP contribution in [0.3, 0.4) is 0 Å². The summed E-state index contributed by atoms with van der Waals surface area (Å²) in [6.45, 7) is 0. The molecule has 0 spiro atoms. The van der Waals surface area contributed by atoms with Crippen LogP contribution >= 0.6 is 0 Å². The van der Waals surface area contributed by atoms with Crippen LogP contribution < -0.4 is 0 Å². The van der Waals surface area contributed by atoms with Gasteiger partial charge >= 0.3 is 0 Å². The average Bonchev–Trinajstić information content (AvgIpc) is 3.30. The van der Waals surface area contributed by atoms with E-state index in [0.29, 0.717) is 5.82 Å². The molecule has 0 radical (unpaired) electrons. The summed E-state index contributed by atoms with van der Waals surface area (Å²) in [6, 6.07) is 78.2. The lowest BCUT2D eigenvalue weighted by molar-refractivity contribution is 1.19. The van der Waals surface area contributed by atoms with Crippen LogP contribution in [0.2, 0.25) is 0 Å². The first-order chi connectivity index (χ1) is 28.8. The molecule has 2 heteroatoms. The molecule has 11 rings (SSSR count). The van der Waals surface area contributed by atoms with Crippen molar-refractivity contribution < 1.29 is 0 Å². The second-order valence-electron chi connectivity index (χ2n) is 14.9. The molecule has 0 aliphatic carbocycles. The van der Waals surface area contributed by atoms with Crippen LogP contribution in [0.15, 0.2) is 218 Å². The van der Waals surface area contributed by atoms with Crippen LogP contribution in [0, 0.1) is 0 Å². The first kappa shape index (κ1) is 33.6. The van der Waals surface area contributed by atoms with Crippen molar-refractivity contribution in [3.05, 3.63) is 218 Å². The van der Waals surface area contributed by atoms with Gasteiger partial charge in [-0.05, 0) is 94.7 Å². The van der Waals surface area contributed by atoms with Gasteiger partial charge in [-0.15, -0.1) is 0 Å². The van der Waals surface area contributed by atoms with E-state index in [1.54, 1.807) is 0 Å². The SMILES string of the molecule is c1ccc(-c2nc(-c3ccc4cc(-c5c6ccccc6c(-c6ccccc6)c6ccccc56)ccc4c3)cc(-c3ccc(-c4ccccc4)c4ccccc34)n2)cc1. The zero-order valence-corrected chi connectivity index (χ0v) is 31.7. The molecule has 0 aliphatic rings. The van der Waals surface area contributed by atoms with Gasteiger partial charge in [-0.3, -0.25) is 0 Å². The lowest BCUT2D eigenvalue weighted by atomic mass is 9.85. The summed E-state index contributed by atoms with van der Waals surface area (Å²) in [7, 11) is 0. The summed E-state index contributed by atoms with van der Waals surface area (Å²) >= 11 is 0. The molecule has 11 aromatic rings. The summed E-state index contributed by atoms with van der Waals surface area (Å²) in [5.41, 5.74) is 12.3. The minimum Gasteiger partial charge on any atom is -0.228 e. The Morgan fingerprint density at radius 1 is 0.241 bits per heavy atom. The van der Waals surface area contributed by atoms with Gasteiger partial charge in [-0.2, -0.15) is 0 Å². The highest BCUT2D eigenvalue weighted by molar-refractivity contribution is 6.21. The molecule has 0 amide bonds. The third-order valence-electron chi connectivity index (χ3n) is 11.5. The van der Waals surface area contributed by atoms with Crippen molar-refractivity contribution in [3.63, 3.8) is 0 Å². The Balaban J connectivity index is 1.06. The minimum atomic E-state index is 0.706. The highest BCUT2D eigenvalue weighted by Gasteiger charge is 2.18. The lowest BCUT2D eigenvalue weighted by Crippen LogP contribution is -1.97. The number of nitrogens with zero attached hydrogens (tertiary/aromatic N) is 2. The van der Waals surface area contributed by atoms with E-state index >= 15 is 0 Å². The Labute approximate surface area is 337 Å². The van der Waals surface area contributed by atoms with Crippen molar-refractivity contribution in [2.45, 2.75) is 0 Å². The summed E-state index contributed by atoms with van der Waals surface area (Å²) in [5.74, 6) is 0.706. The number of aromatic nitrogens is 2. The predicted molar refractivity (Wildman–Crippen MR) is 245 cm³/mol. The number of hydrogen-bond donors (Lipinski definition) is 0. The molecule has 0 atom stereocenters. The maximum absolute atomic E-state index is 5.22. The van der Waals surface area contributed by atoms with Crippen LogP contribution in [0.5, 0.6) is 0 Å². The molecule has 270 valence electrons. The first-order valence-corrected chi connectivity index (χ1v) is 19.8. The van der Waals surface area contributed by atoms with E-state index in [2.05, 4.69) is 200 Å². The van der Waals surface area contributed by atoms with E-state index in [1.165, 1.54) is 65.7 Å². The number of benzene rings is 10. The molecule has 1 heterocycles. The molecular formula is C56H36N2. The maximum Gasteiger partial charge on any atom is 0.160 e. The molecule has 0 saturated carbocycles. The van der Waals surface area contributed by atoms with E-state index in [-0.39, 0.29) is 0 Å². The third kappa shape index (κ3) is 5.82. The normalized spacial score (nSPS) is 11.4. The van der Waals surface area contributed by atoms with E-state index in [4.69, 9.17) is 9.97 Å². The highest BCUT2D eigenvalue weighted by atomic mass is 14.9. The molecule has 1 aromatic heterocycles. The molecular weight excluding hydrogens is 701 g/mol. The number of fused-ring (bicyclic) bond motifs is 4. The Bertz CT molecular complexity index is 3260. The molecule has 0 N–H and O–H groups in total. The largest absolute Gasteiger partial charge is 0.228 e. The Morgan fingerprint density at radius 3 is 1.24 bits per heavy atom. The average molecular weight is 737 g/mol. The van der Waals surface area contributed by atoms with Crippen molar-refractivity contribution >= 4 is 43.1 Å². The van der Waals surface area contributed by atoms with E-state index in [1.807, 2.05) is 18.2 Å². The molecule has 0 aliphatic heterocycles. The van der Waals surface area contributed by atoms with Crippen LogP contribution in [-0.2, 0) is 0 Å². The topological polar surface area (TPSA) is 25.8 Å². The van der Waals surface area contributed by atoms with Crippen molar-refractivity contribution in [1.82, 2.24) is 9.97 Å². The van der Waals surface area contributed by atoms with Crippen molar-refractivity contribution in [2.24, 2.45) is 0 Å². The van der Waals surface area contributed by atoms with E-state index in [0.717, 1.165) is 38.9 Å². The van der Waals surface area contributed by atoms with Crippen LogP contribution in [0.1, 0.15) is 0 Å².